The van der Waals surface area contributed by atoms with E-state index in [1.54, 1.807) is 22.7 Å². The van der Waals surface area contributed by atoms with Crippen LogP contribution in [0.2, 0.25) is 0 Å². The van der Waals surface area contributed by atoms with E-state index in [1.807, 2.05) is 48.0 Å². The Bertz CT molecular complexity index is 1140. The third kappa shape index (κ3) is 4.02. The van der Waals surface area contributed by atoms with E-state index >= 15 is 0 Å². The number of benzene rings is 2. The molecule has 1 fully saturated rings. The lowest BCUT2D eigenvalue weighted by Gasteiger charge is -2.38. The predicted octanol–water partition coefficient (Wildman–Crippen LogP) is 5.66. The van der Waals surface area contributed by atoms with Gasteiger partial charge in [0.15, 0.2) is 0 Å². The zero-order valence-electron chi connectivity index (χ0n) is 17.5. The highest BCUT2D eigenvalue weighted by atomic mass is 32.1. The Balaban J connectivity index is 1.47. The van der Waals surface area contributed by atoms with E-state index in [9.17, 15) is 4.79 Å². The van der Waals surface area contributed by atoms with Crippen molar-refractivity contribution in [2.75, 3.05) is 13.1 Å². The topological polar surface area (TPSA) is 46.1 Å². The molecule has 4 nitrogen and oxygen atoms in total. The van der Waals surface area contributed by atoms with Crippen molar-refractivity contribution in [3.8, 4) is 0 Å². The van der Waals surface area contributed by atoms with E-state index in [-0.39, 0.29) is 5.91 Å². The van der Waals surface area contributed by atoms with Gasteiger partial charge in [-0.1, -0.05) is 42.5 Å². The smallest absolute Gasteiger partial charge is 0.233 e. The molecule has 2 aromatic carbocycles. The Morgan fingerprint density at radius 1 is 1.16 bits per heavy atom. The second-order valence-electron chi connectivity index (χ2n) is 8.41. The summed E-state index contributed by atoms with van der Waals surface area (Å²) in [6.07, 6.45) is 4.58. The SMILES string of the molecule is CC(Cc1nc2ccccc2s1)(C(=O)N1CCCC(c2nccs2)C1)c1ccccc1. The van der Waals surface area contributed by atoms with Crippen LogP contribution in [0.5, 0.6) is 0 Å². The molecule has 5 rings (SSSR count). The Morgan fingerprint density at radius 3 is 2.74 bits per heavy atom. The summed E-state index contributed by atoms with van der Waals surface area (Å²) < 4.78 is 1.17. The van der Waals surface area contributed by atoms with Crippen LogP contribution >= 0.6 is 22.7 Å². The molecule has 2 atom stereocenters. The number of likely N-dealkylation sites (tertiary alicyclic amines) is 1. The molecule has 0 N–H and O–H groups in total. The van der Waals surface area contributed by atoms with Crippen molar-refractivity contribution in [3.63, 3.8) is 0 Å². The van der Waals surface area contributed by atoms with E-state index in [4.69, 9.17) is 4.98 Å². The zero-order chi connectivity index (χ0) is 21.3. The van der Waals surface area contributed by atoms with Gasteiger partial charge in [0.25, 0.3) is 0 Å². The Morgan fingerprint density at radius 2 is 1.97 bits per heavy atom. The number of hydrogen-bond acceptors (Lipinski definition) is 5. The lowest BCUT2D eigenvalue weighted by atomic mass is 9.77. The molecular weight excluding hydrogens is 422 g/mol. The summed E-state index contributed by atoms with van der Waals surface area (Å²) in [6, 6.07) is 18.4. The van der Waals surface area contributed by atoms with Gasteiger partial charge < -0.3 is 4.90 Å². The summed E-state index contributed by atoms with van der Waals surface area (Å²) in [5, 5.41) is 4.18. The van der Waals surface area contributed by atoms with Gasteiger partial charge in [-0.15, -0.1) is 22.7 Å². The van der Waals surface area contributed by atoms with Gasteiger partial charge >= 0.3 is 0 Å². The molecule has 0 saturated carbocycles. The molecule has 2 unspecified atom stereocenters. The number of aromatic nitrogens is 2. The number of fused-ring (bicyclic) bond motifs is 1. The summed E-state index contributed by atoms with van der Waals surface area (Å²) in [5.41, 5.74) is 1.41. The molecular formula is C25H25N3OS2. The summed E-state index contributed by atoms with van der Waals surface area (Å²) >= 11 is 3.39. The fourth-order valence-electron chi connectivity index (χ4n) is 4.55. The minimum Gasteiger partial charge on any atom is -0.341 e. The van der Waals surface area contributed by atoms with Gasteiger partial charge in [0, 0.05) is 37.0 Å². The van der Waals surface area contributed by atoms with E-state index in [2.05, 4.69) is 35.0 Å². The summed E-state index contributed by atoms with van der Waals surface area (Å²) in [4.78, 5) is 25.5. The fraction of sp³-hybridized carbons (Fsp3) is 0.320. The van der Waals surface area contributed by atoms with Gasteiger partial charge in [-0.2, -0.15) is 0 Å². The van der Waals surface area contributed by atoms with Crippen molar-refractivity contribution >= 4 is 38.8 Å². The van der Waals surface area contributed by atoms with E-state index in [0.29, 0.717) is 12.3 Å². The van der Waals surface area contributed by atoms with Gasteiger partial charge in [-0.3, -0.25) is 4.79 Å². The average Bonchev–Trinajstić information content (AvgIpc) is 3.49. The van der Waals surface area contributed by atoms with Crippen LogP contribution in [0.15, 0.2) is 66.2 Å². The highest BCUT2D eigenvalue weighted by molar-refractivity contribution is 7.18. The maximum absolute atomic E-state index is 14.0. The van der Waals surface area contributed by atoms with Crippen molar-refractivity contribution in [2.45, 2.75) is 37.5 Å². The number of carbonyl (C=O) groups is 1. The van der Waals surface area contributed by atoms with Crippen LogP contribution in [0.4, 0.5) is 0 Å². The van der Waals surface area contributed by atoms with Gasteiger partial charge in [0.2, 0.25) is 5.91 Å². The van der Waals surface area contributed by atoms with Crippen molar-refractivity contribution in [3.05, 3.63) is 81.8 Å². The molecule has 1 saturated heterocycles. The second-order valence-corrected chi connectivity index (χ2v) is 10.5. The first kappa shape index (κ1) is 20.3. The van der Waals surface area contributed by atoms with Crippen LogP contribution in [-0.2, 0) is 16.6 Å². The lowest BCUT2D eigenvalue weighted by Crippen LogP contribution is -2.49. The number of thiazole rings is 2. The molecule has 0 bridgehead atoms. The minimum atomic E-state index is -0.653. The first-order valence-corrected chi connectivity index (χ1v) is 12.4. The molecule has 4 aromatic rings. The molecule has 1 amide bonds. The summed E-state index contributed by atoms with van der Waals surface area (Å²) in [6.45, 7) is 3.64. The first-order valence-electron chi connectivity index (χ1n) is 10.7. The molecule has 0 spiro atoms. The van der Waals surface area contributed by atoms with Gasteiger partial charge in [-0.05, 0) is 37.5 Å². The highest BCUT2D eigenvalue weighted by Gasteiger charge is 2.41. The predicted molar refractivity (Wildman–Crippen MR) is 128 cm³/mol. The summed E-state index contributed by atoms with van der Waals surface area (Å²) in [7, 11) is 0. The van der Waals surface area contributed by atoms with Crippen LogP contribution in [-0.4, -0.2) is 33.9 Å². The maximum atomic E-state index is 14.0. The average molecular weight is 448 g/mol. The number of para-hydroxylation sites is 1. The van der Waals surface area contributed by atoms with E-state index in [1.165, 1.54) is 4.70 Å². The van der Waals surface area contributed by atoms with Crippen LogP contribution in [0, 0.1) is 0 Å². The first-order chi connectivity index (χ1) is 15.1. The highest BCUT2D eigenvalue weighted by Crippen LogP contribution is 2.36. The van der Waals surface area contributed by atoms with Crippen molar-refractivity contribution in [2.24, 2.45) is 0 Å². The van der Waals surface area contributed by atoms with E-state index in [0.717, 1.165) is 47.0 Å². The molecule has 3 heterocycles. The fourth-order valence-corrected chi connectivity index (χ4v) is 6.44. The van der Waals surface area contributed by atoms with Crippen molar-refractivity contribution < 1.29 is 4.79 Å². The van der Waals surface area contributed by atoms with Gasteiger partial charge in [0.05, 0.1) is 25.6 Å². The number of nitrogens with zero attached hydrogens (tertiary/aromatic N) is 3. The Kier molecular flexibility index (Phi) is 5.59. The van der Waals surface area contributed by atoms with Crippen LogP contribution < -0.4 is 0 Å². The molecule has 1 aliphatic rings. The number of carbonyl (C=O) groups excluding carboxylic acids is 1. The number of rotatable bonds is 5. The monoisotopic (exact) mass is 447 g/mol. The number of amides is 1. The van der Waals surface area contributed by atoms with Gasteiger partial charge in [0.1, 0.15) is 0 Å². The Labute approximate surface area is 190 Å². The molecule has 2 aromatic heterocycles. The molecule has 6 heteroatoms. The van der Waals surface area contributed by atoms with Crippen LogP contribution in [0.25, 0.3) is 10.2 Å². The third-order valence-electron chi connectivity index (χ3n) is 6.24. The molecule has 1 aliphatic heterocycles. The molecule has 0 aliphatic carbocycles. The van der Waals surface area contributed by atoms with Gasteiger partial charge in [-0.25, -0.2) is 9.97 Å². The number of piperidine rings is 1. The quantitative estimate of drug-likeness (QED) is 0.397. The van der Waals surface area contributed by atoms with E-state index < -0.39 is 5.41 Å². The van der Waals surface area contributed by atoms with Crippen LogP contribution in [0.3, 0.4) is 0 Å². The minimum absolute atomic E-state index is 0.194. The normalized spacial score (nSPS) is 18.7. The van der Waals surface area contributed by atoms with Crippen molar-refractivity contribution in [1.29, 1.82) is 0 Å². The molecule has 158 valence electrons. The second kappa shape index (κ2) is 8.52. The number of hydrogen-bond donors (Lipinski definition) is 0. The standard InChI is InChI=1S/C25H25N3OS2/c1-25(19-9-3-2-4-10-19,16-22-27-20-11-5-6-12-21(20)31-22)24(29)28-14-7-8-18(17-28)23-26-13-15-30-23/h2-6,9-13,15,18H,7-8,14,16-17H2,1H3. The van der Waals surface area contributed by atoms with Crippen molar-refractivity contribution in [1.82, 2.24) is 14.9 Å². The molecule has 31 heavy (non-hydrogen) atoms. The summed E-state index contributed by atoms with van der Waals surface area (Å²) in [5.74, 6) is 0.527. The largest absolute Gasteiger partial charge is 0.341 e. The third-order valence-corrected chi connectivity index (χ3v) is 8.21. The zero-order valence-corrected chi connectivity index (χ0v) is 19.2. The maximum Gasteiger partial charge on any atom is 0.233 e. The Hall–Kier alpha value is -2.57. The lowest BCUT2D eigenvalue weighted by molar-refractivity contribution is -0.138. The molecule has 0 radical (unpaired) electrons. The van der Waals surface area contributed by atoms with Crippen LogP contribution in [0.1, 0.15) is 41.3 Å².